The molecule has 0 saturated carbocycles. The van der Waals surface area contributed by atoms with Crippen molar-refractivity contribution in [2.75, 3.05) is 50.7 Å². The average molecular weight is 342 g/mol. The molecule has 1 aliphatic rings. The van der Waals surface area contributed by atoms with Crippen LogP contribution in [0.15, 0.2) is 42.5 Å². The van der Waals surface area contributed by atoms with Crippen molar-refractivity contribution in [1.29, 1.82) is 0 Å². The number of carbonyl (C=O) groups is 1. The standard InChI is InChI=1S/C19H22N2O4/c1-23-16-7-4-8-17(24-2)18(16)19(22)20-14-5-3-6-15(13-14)21-9-11-25-12-10-21/h3-8,13H,9-12H2,1-2H3,(H,20,22). The van der Waals surface area contributed by atoms with Gasteiger partial charge in [-0.3, -0.25) is 4.79 Å². The lowest BCUT2D eigenvalue weighted by Gasteiger charge is -2.29. The number of rotatable bonds is 5. The van der Waals surface area contributed by atoms with E-state index in [1.807, 2.05) is 24.3 Å². The van der Waals surface area contributed by atoms with Crippen LogP contribution in [0.5, 0.6) is 11.5 Å². The Bertz CT molecular complexity index is 720. The number of carbonyl (C=O) groups excluding carboxylic acids is 1. The molecule has 25 heavy (non-hydrogen) atoms. The van der Waals surface area contributed by atoms with E-state index in [1.165, 1.54) is 14.2 Å². The Kier molecular flexibility index (Phi) is 5.40. The molecule has 1 N–H and O–H groups in total. The minimum atomic E-state index is -0.270. The third kappa shape index (κ3) is 3.85. The highest BCUT2D eigenvalue weighted by Gasteiger charge is 2.19. The number of methoxy groups -OCH3 is 2. The summed E-state index contributed by atoms with van der Waals surface area (Å²) < 4.78 is 16.0. The molecule has 0 aliphatic carbocycles. The van der Waals surface area contributed by atoms with E-state index in [9.17, 15) is 4.79 Å². The molecule has 6 heteroatoms. The van der Waals surface area contributed by atoms with E-state index in [-0.39, 0.29) is 5.91 Å². The van der Waals surface area contributed by atoms with Crippen LogP contribution in [0.25, 0.3) is 0 Å². The lowest BCUT2D eigenvalue weighted by molar-refractivity contribution is 0.102. The van der Waals surface area contributed by atoms with E-state index >= 15 is 0 Å². The van der Waals surface area contributed by atoms with Crippen molar-refractivity contribution in [1.82, 2.24) is 0 Å². The molecule has 0 spiro atoms. The van der Waals surface area contributed by atoms with Gasteiger partial charge < -0.3 is 24.4 Å². The molecule has 0 radical (unpaired) electrons. The average Bonchev–Trinajstić information content (AvgIpc) is 2.68. The topological polar surface area (TPSA) is 60.0 Å². The molecule has 2 aromatic rings. The molecule has 1 fully saturated rings. The predicted molar refractivity (Wildman–Crippen MR) is 97.0 cm³/mol. The zero-order valence-corrected chi connectivity index (χ0v) is 14.5. The highest BCUT2D eigenvalue weighted by molar-refractivity contribution is 6.08. The molecular formula is C19H22N2O4. The van der Waals surface area contributed by atoms with Gasteiger partial charge in [-0.25, -0.2) is 0 Å². The summed E-state index contributed by atoms with van der Waals surface area (Å²) >= 11 is 0. The third-order valence-electron chi connectivity index (χ3n) is 4.14. The van der Waals surface area contributed by atoms with Gasteiger partial charge in [0.1, 0.15) is 17.1 Å². The van der Waals surface area contributed by atoms with Gasteiger partial charge in [0.15, 0.2) is 0 Å². The van der Waals surface area contributed by atoms with Crippen molar-refractivity contribution in [2.45, 2.75) is 0 Å². The summed E-state index contributed by atoms with van der Waals surface area (Å²) in [4.78, 5) is 15.0. The van der Waals surface area contributed by atoms with Crippen LogP contribution in [-0.2, 0) is 4.74 Å². The molecule has 3 rings (SSSR count). The molecule has 1 heterocycles. The fraction of sp³-hybridized carbons (Fsp3) is 0.316. The third-order valence-corrected chi connectivity index (χ3v) is 4.14. The summed E-state index contributed by atoms with van der Waals surface area (Å²) in [5, 5.41) is 2.93. The summed E-state index contributed by atoms with van der Waals surface area (Å²) in [6.45, 7) is 3.12. The monoisotopic (exact) mass is 342 g/mol. The maximum atomic E-state index is 12.8. The lowest BCUT2D eigenvalue weighted by Crippen LogP contribution is -2.36. The number of amides is 1. The SMILES string of the molecule is COc1cccc(OC)c1C(=O)Nc1cccc(N2CCOCC2)c1. The first-order valence-electron chi connectivity index (χ1n) is 8.18. The zero-order valence-electron chi connectivity index (χ0n) is 14.5. The quantitative estimate of drug-likeness (QED) is 0.905. The van der Waals surface area contributed by atoms with Gasteiger partial charge in [-0.15, -0.1) is 0 Å². The van der Waals surface area contributed by atoms with Gasteiger partial charge in [-0.1, -0.05) is 12.1 Å². The van der Waals surface area contributed by atoms with Crippen LogP contribution < -0.4 is 19.7 Å². The van der Waals surface area contributed by atoms with Crippen molar-refractivity contribution < 1.29 is 19.0 Å². The lowest BCUT2D eigenvalue weighted by atomic mass is 10.1. The van der Waals surface area contributed by atoms with E-state index in [0.29, 0.717) is 17.1 Å². The first-order chi connectivity index (χ1) is 12.2. The molecule has 2 aromatic carbocycles. The number of hydrogen-bond donors (Lipinski definition) is 1. The maximum Gasteiger partial charge on any atom is 0.263 e. The fourth-order valence-electron chi connectivity index (χ4n) is 2.87. The zero-order chi connectivity index (χ0) is 17.6. The number of nitrogens with zero attached hydrogens (tertiary/aromatic N) is 1. The van der Waals surface area contributed by atoms with E-state index < -0.39 is 0 Å². The Morgan fingerprint density at radius 2 is 1.68 bits per heavy atom. The Labute approximate surface area is 147 Å². The van der Waals surface area contributed by atoms with Gasteiger partial charge in [0, 0.05) is 24.5 Å². The molecule has 0 bridgehead atoms. The van der Waals surface area contributed by atoms with Gasteiger partial charge in [-0.2, -0.15) is 0 Å². The Balaban J connectivity index is 1.82. The van der Waals surface area contributed by atoms with Crippen LogP contribution in [0.3, 0.4) is 0 Å². The van der Waals surface area contributed by atoms with Gasteiger partial charge in [0.25, 0.3) is 5.91 Å². The Hall–Kier alpha value is -2.73. The molecule has 132 valence electrons. The second-order valence-corrected chi connectivity index (χ2v) is 5.64. The molecule has 0 atom stereocenters. The van der Waals surface area contributed by atoms with Crippen molar-refractivity contribution in [2.24, 2.45) is 0 Å². The number of morpholine rings is 1. The van der Waals surface area contributed by atoms with Crippen LogP contribution in [-0.4, -0.2) is 46.4 Å². The summed E-state index contributed by atoms with van der Waals surface area (Å²) in [6, 6.07) is 13.1. The molecule has 1 saturated heterocycles. The highest BCUT2D eigenvalue weighted by atomic mass is 16.5. The predicted octanol–water partition coefficient (Wildman–Crippen LogP) is 2.79. The molecule has 1 aliphatic heterocycles. The fourth-order valence-corrected chi connectivity index (χ4v) is 2.87. The number of anilines is 2. The molecule has 1 amide bonds. The van der Waals surface area contributed by atoms with Gasteiger partial charge in [0.05, 0.1) is 27.4 Å². The number of ether oxygens (including phenoxy) is 3. The second kappa shape index (κ2) is 7.90. The Morgan fingerprint density at radius 3 is 2.32 bits per heavy atom. The van der Waals surface area contributed by atoms with E-state index in [1.54, 1.807) is 18.2 Å². The molecular weight excluding hydrogens is 320 g/mol. The largest absolute Gasteiger partial charge is 0.496 e. The molecule has 6 nitrogen and oxygen atoms in total. The van der Waals surface area contributed by atoms with E-state index in [0.717, 1.165) is 37.7 Å². The molecule has 0 unspecified atom stereocenters. The summed E-state index contributed by atoms with van der Waals surface area (Å²) in [6.07, 6.45) is 0. The van der Waals surface area contributed by atoms with Crippen LogP contribution in [0.4, 0.5) is 11.4 Å². The van der Waals surface area contributed by atoms with Crippen LogP contribution in [0.1, 0.15) is 10.4 Å². The van der Waals surface area contributed by atoms with Gasteiger partial charge in [0.2, 0.25) is 0 Å². The van der Waals surface area contributed by atoms with Crippen LogP contribution >= 0.6 is 0 Å². The first kappa shape index (κ1) is 17.1. The summed E-state index contributed by atoms with van der Waals surface area (Å²) in [7, 11) is 3.06. The minimum absolute atomic E-state index is 0.270. The van der Waals surface area contributed by atoms with Crippen molar-refractivity contribution in [3.05, 3.63) is 48.0 Å². The molecule has 0 aromatic heterocycles. The van der Waals surface area contributed by atoms with Gasteiger partial charge in [-0.05, 0) is 30.3 Å². The normalized spacial score (nSPS) is 14.1. The van der Waals surface area contributed by atoms with Crippen LogP contribution in [0.2, 0.25) is 0 Å². The maximum absolute atomic E-state index is 12.8. The van der Waals surface area contributed by atoms with Crippen molar-refractivity contribution in [3.63, 3.8) is 0 Å². The number of hydrogen-bond acceptors (Lipinski definition) is 5. The Morgan fingerprint density at radius 1 is 1.04 bits per heavy atom. The second-order valence-electron chi connectivity index (χ2n) is 5.64. The van der Waals surface area contributed by atoms with Crippen LogP contribution in [0, 0.1) is 0 Å². The van der Waals surface area contributed by atoms with Crippen molar-refractivity contribution >= 4 is 17.3 Å². The number of nitrogens with one attached hydrogen (secondary N) is 1. The van der Waals surface area contributed by atoms with Crippen molar-refractivity contribution in [3.8, 4) is 11.5 Å². The number of benzene rings is 2. The first-order valence-corrected chi connectivity index (χ1v) is 8.18. The van der Waals surface area contributed by atoms with E-state index in [4.69, 9.17) is 14.2 Å². The highest BCUT2D eigenvalue weighted by Crippen LogP contribution is 2.29. The summed E-state index contributed by atoms with van der Waals surface area (Å²) in [5.41, 5.74) is 2.17. The minimum Gasteiger partial charge on any atom is -0.496 e. The smallest absolute Gasteiger partial charge is 0.263 e. The van der Waals surface area contributed by atoms with Gasteiger partial charge >= 0.3 is 0 Å². The van der Waals surface area contributed by atoms with E-state index in [2.05, 4.69) is 10.2 Å². The summed E-state index contributed by atoms with van der Waals surface area (Å²) in [5.74, 6) is 0.677.